The third-order valence-electron chi connectivity index (χ3n) is 4.54. The zero-order valence-electron chi connectivity index (χ0n) is 14.9. The summed E-state index contributed by atoms with van der Waals surface area (Å²) in [5.41, 5.74) is 3.21. The second-order valence-corrected chi connectivity index (χ2v) is 7.25. The molecule has 1 aromatic carbocycles. The number of aryl methyl sites for hydroxylation is 3. The number of carbonyl (C=O) groups is 2. The highest BCUT2D eigenvalue weighted by atomic mass is 16.2. The van der Waals surface area contributed by atoms with E-state index in [1.807, 2.05) is 32.9 Å². The maximum Gasteiger partial charge on any atom is 0.240 e. The van der Waals surface area contributed by atoms with E-state index in [2.05, 4.69) is 24.5 Å². The van der Waals surface area contributed by atoms with E-state index in [0.29, 0.717) is 25.3 Å². The highest BCUT2D eigenvalue weighted by Crippen LogP contribution is 2.47. The van der Waals surface area contributed by atoms with E-state index in [-0.39, 0.29) is 11.8 Å². The van der Waals surface area contributed by atoms with E-state index in [9.17, 15) is 9.59 Å². The van der Waals surface area contributed by atoms with Crippen LogP contribution in [0.1, 0.15) is 49.8 Å². The van der Waals surface area contributed by atoms with Gasteiger partial charge in [-0.05, 0) is 57.1 Å². The number of nitrogens with one attached hydrogen (secondary N) is 2. The largest absolute Gasteiger partial charge is 0.355 e. The highest BCUT2D eigenvalue weighted by molar-refractivity contribution is 6.13. The number of carbonyl (C=O) groups excluding carboxylic acids is 2. The molecule has 0 radical (unpaired) electrons. The van der Waals surface area contributed by atoms with Crippen molar-refractivity contribution in [2.24, 2.45) is 11.3 Å². The normalized spacial score (nSPS) is 15.4. The molecule has 2 N–H and O–H groups in total. The van der Waals surface area contributed by atoms with Gasteiger partial charge in [0.05, 0.1) is 0 Å². The molecule has 1 aliphatic carbocycles. The molecule has 1 aromatic rings. The van der Waals surface area contributed by atoms with Gasteiger partial charge in [-0.2, -0.15) is 0 Å². The van der Waals surface area contributed by atoms with Crippen molar-refractivity contribution in [3.05, 3.63) is 28.8 Å². The number of hydrogen-bond donors (Lipinski definition) is 2. The SMILES string of the molecule is Cc1cc(C)c(NC(=O)C2(C(=O)NCCC(C)C)CC2)c(C)c1. The lowest BCUT2D eigenvalue weighted by Crippen LogP contribution is -2.40. The molecule has 23 heavy (non-hydrogen) atoms. The first kappa shape index (κ1) is 17.5. The third kappa shape index (κ3) is 3.92. The van der Waals surface area contributed by atoms with Crippen LogP contribution < -0.4 is 10.6 Å². The molecule has 0 atom stereocenters. The van der Waals surface area contributed by atoms with Gasteiger partial charge in [0, 0.05) is 12.2 Å². The van der Waals surface area contributed by atoms with Gasteiger partial charge in [-0.25, -0.2) is 0 Å². The monoisotopic (exact) mass is 316 g/mol. The van der Waals surface area contributed by atoms with E-state index < -0.39 is 5.41 Å². The van der Waals surface area contributed by atoms with Crippen LogP contribution in [0.15, 0.2) is 12.1 Å². The van der Waals surface area contributed by atoms with Crippen molar-refractivity contribution in [1.82, 2.24) is 5.32 Å². The fourth-order valence-electron chi connectivity index (χ4n) is 2.94. The molecule has 2 rings (SSSR count). The number of benzene rings is 1. The molecule has 0 heterocycles. The predicted octanol–water partition coefficient (Wildman–Crippen LogP) is 3.49. The Bertz CT molecular complexity index is 593. The molecule has 1 aliphatic rings. The van der Waals surface area contributed by atoms with Crippen LogP contribution >= 0.6 is 0 Å². The van der Waals surface area contributed by atoms with Crippen molar-refractivity contribution in [3.8, 4) is 0 Å². The Morgan fingerprint density at radius 2 is 1.65 bits per heavy atom. The predicted molar refractivity (Wildman–Crippen MR) is 93.4 cm³/mol. The maximum absolute atomic E-state index is 12.7. The van der Waals surface area contributed by atoms with Gasteiger partial charge in [-0.3, -0.25) is 9.59 Å². The average molecular weight is 316 g/mol. The summed E-state index contributed by atoms with van der Waals surface area (Å²) in [7, 11) is 0. The zero-order valence-corrected chi connectivity index (χ0v) is 14.9. The molecule has 126 valence electrons. The Hall–Kier alpha value is -1.84. The minimum absolute atomic E-state index is 0.127. The van der Waals surface area contributed by atoms with Crippen molar-refractivity contribution in [2.75, 3.05) is 11.9 Å². The molecule has 2 amide bonds. The number of anilines is 1. The fourth-order valence-corrected chi connectivity index (χ4v) is 2.94. The molecule has 1 fully saturated rings. The fraction of sp³-hybridized carbons (Fsp3) is 0.579. The summed E-state index contributed by atoms with van der Waals surface area (Å²) in [6.45, 7) is 10.9. The molecule has 0 saturated heterocycles. The first-order valence-electron chi connectivity index (χ1n) is 8.44. The van der Waals surface area contributed by atoms with Gasteiger partial charge in [0.1, 0.15) is 5.41 Å². The summed E-state index contributed by atoms with van der Waals surface area (Å²) >= 11 is 0. The quantitative estimate of drug-likeness (QED) is 0.789. The van der Waals surface area contributed by atoms with Gasteiger partial charge in [0.25, 0.3) is 0 Å². The van der Waals surface area contributed by atoms with Crippen LogP contribution in [-0.4, -0.2) is 18.4 Å². The van der Waals surface area contributed by atoms with Gasteiger partial charge in [0.2, 0.25) is 11.8 Å². The van der Waals surface area contributed by atoms with Gasteiger partial charge in [0.15, 0.2) is 0 Å². The Labute approximate surface area is 139 Å². The lowest BCUT2D eigenvalue weighted by Gasteiger charge is -2.18. The van der Waals surface area contributed by atoms with Crippen molar-refractivity contribution >= 4 is 17.5 Å². The lowest BCUT2D eigenvalue weighted by molar-refractivity contribution is -0.134. The molecular formula is C19H28N2O2. The van der Waals surface area contributed by atoms with Gasteiger partial charge >= 0.3 is 0 Å². The van der Waals surface area contributed by atoms with E-state index >= 15 is 0 Å². The van der Waals surface area contributed by atoms with Crippen LogP contribution in [0, 0.1) is 32.1 Å². The number of hydrogen-bond acceptors (Lipinski definition) is 2. The first-order valence-corrected chi connectivity index (χ1v) is 8.44. The summed E-state index contributed by atoms with van der Waals surface area (Å²) < 4.78 is 0. The summed E-state index contributed by atoms with van der Waals surface area (Å²) in [6, 6.07) is 4.09. The summed E-state index contributed by atoms with van der Waals surface area (Å²) in [6.07, 6.45) is 2.20. The van der Waals surface area contributed by atoms with Gasteiger partial charge < -0.3 is 10.6 Å². The minimum atomic E-state index is -0.860. The van der Waals surface area contributed by atoms with Crippen LogP contribution in [0.2, 0.25) is 0 Å². The minimum Gasteiger partial charge on any atom is -0.355 e. The lowest BCUT2D eigenvalue weighted by atomic mass is 10.0. The molecular weight excluding hydrogens is 288 g/mol. The summed E-state index contributed by atoms with van der Waals surface area (Å²) in [4.78, 5) is 25.0. The third-order valence-corrected chi connectivity index (χ3v) is 4.54. The van der Waals surface area contributed by atoms with E-state index in [1.165, 1.54) is 5.56 Å². The Balaban J connectivity index is 2.04. The Kier molecular flexibility index (Phi) is 5.12. The van der Waals surface area contributed by atoms with Crippen LogP contribution in [0.3, 0.4) is 0 Å². The smallest absolute Gasteiger partial charge is 0.240 e. The number of rotatable bonds is 6. The van der Waals surface area contributed by atoms with Crippen LogP contribution in [0.5, 0.6) is 0 Å². The van der Waals surface area contributed by atoms with E-state index in [1.54, 1.807) is 0 Å². The number of amides is 2. The molecule has 4 heteroatoms. The zero-order chi connectivity index (χ0) is 17.2. The Morgan fingerprint density at radius 3 is 2.13 bits per heavy atom. The first-order chi connectivity index (χ1) is 10.8. The van der Waals surface area contributed by atoms with Crippen LogP contribution in [0.25, 0.3) is 0 Å². The summed E-state index contributed by atoms with van der Waals surface area (Å²) in [5.74, 6) is 0.241. The van der Waals surface area contributed by atoms with Crippen molar-refractivity contribution < 1.29 is 9.59 Å². The van der Waals surface area contributed by atoms with Crippen LogP contribution in [0.4, 0.5) is 5.69 Å². The Morgan fingerprint density at radius 1 is 1.09 bits per heavy atom. The highest BCUT2D eigenvalue weighted by Gasteiger charge is 2.56. The maximum atomic E-state index is 12.7. The van der Waals surface area contributed by atoms with Gasteiger partial charge in [-0.15, -0.1) is 0 Å². The molecule has 1 saturated carbocycles. The van der Waals surface area contributed by atoms with Crippen molar-refractivity contribution in [3.63, 3.8) is 0 Å². The topological polar surface area (TPSA) is 58.2 Å². The average Bonchev–Trinajstić information content (AvgIpc) is 3.23. The molecule has 4 nitrogen and oxygen atoms in total. The second-order valence-electron chi connectivity index (χ2n) is 7.25. The molecule has 0 unspecified atom stereocenters. The van der Waals surface area contributed by atoms with Gasteiger partial charge in [-0.1, -0.05) is 31.5 Å². The molecule has 0 spiro atoms. The van der Waals surface area contributed by atoms with Crippen LogP contribution in [-0.2, 0) is 9.59 Å². The standard InChI is InChI=1S/C19H28N2O2/c1-12(2)6-9-20-17(22)19(7-8-19)18(23)21-16-14(4)10-13(3)11-15(16)5/h10-12H,6-9H2,1-5H3,(H,20,22)(H,21,23). The molecule has 0 aromatic heterocycles. The van der Waals surface area contributed by atoms with Crippen molar-refractivity contribution in [2.45, 2.75) is 53.9 Å². The van der Waals surface area contributed by atoms with E-state index in [4.69, 9.17) is 0 Å². The van der Waals surface area contributed by atoms with Crippen molar-refractivity contribution in [1.29, 1.82) is 0 Å². The molecule has 0 bridgehead atoms. The summed E-state index contributed by atoms with van der Waals surface area (Å²) in [5, 5.41) is 5.91. The molecule has 0 aliphatic heterocycles. The van der Waals surface area contributed by atoms with E-state index in [0.717, 1.165) is 23.2 Å². The second kappa shape index (κ2) is 6.73.